The van der Waals surface area contributed by atoms with E-state index >= 15 is 0 Å². The van der Waals surface area contributed by atoms with Crippen LogP contribution in [0.2, 0.25) is 0 Å². The lowest BCUT2D eigenvalue weighted by Crippen LogP contribution is -2.30. The number of hydrogen-bond acceptors (Lipinski definition) is 10. The molecule has 0 radical (unpaired) electrons. The van der Waals surface area contributed by atoms with Crippen molar-refractivity contribution in [2.24, 2.45) is 5.92 Å². The lowest BCUT2D eigenvalue weighted by molar-refractivity contribution is -0.146. The van der Waals surface area contributed by atoms with Gasteiger partial charge in [-0.1, -0.05) is 0 Å². The average molecular weight is 454 g/mol. The van der Waals surface area contributed by atoms with Crippen LogP contribution in [0.1, 0.15) is 18.5 Å². The number of carboxylic acids is 2. The summed E-state index contributed by atoms with van der Waals surface area (Å²) in [6, 6.07) is 6.69. The monoisotopic (exact) mass is 454 g/mol. The van der Waals surface area contributed by atoms with Crippen LogP contribution in [0.5, 0.6) is 0 Å². The Labute approximate surface area is 187 Å². The van der Waals surface area contributed by atoms with E-state index in [1.807, 2.05) is 11.9 Å². The molecule has 2 aromatic heterocycles. The highest BCUT2D eigenvalue weighted by Gasteiger charge is 2.27. The number of rotatable bonds is 9. The minimum atomic E-state index is -1.46. The fraction of sp³-hybridized carbons (Fsp3) is 0.250. The molecule has 0 spiro atoms. The van der Waals surface area contributed by atoms with Gasteiger partial charge in [0.05, 0.1) is 18.4 Å². The van der Waals surface area contributed by atoms with E-state index in [-0.39, 0.29) is 18.2 Å². The van der Waals surface area contributed by atoms with Gasteiger partial charge in [-0.15, -0.1) is 0 Å². The Morgan fingerprint density at radius 3 is 2.42 bits per heavy atom. The van der Waals surface area contributed by atoms with Crippen LogP contribution in [0.25, 0.3) is 11.2 Å². The topological polar surface area (TPSA) is 211 Å². The zero-order chi connectivity index (χ0) is 24.1. The molecule has 13 nitrogen and oxygen atoms in total. The highest BCUT2D eigenvalue weighted by molar-refractivity contribution is 6.04. The van der Waals surface area contributed by atoms with Gasteiger partial charge in [0.2, 0.25) is 11.9 Å². The summed E-state index contributed by atoms with van der Waals surface area (Å²) in [7, 11) is 1.83. The number of nitrogens with two attached hydrogens (primary N) is 2. The van der Waals surface area contributed by atoms with Crippen molar-refractivity contribution in [3.8, 4) is 0 Å². The van der Waals surface area contributed by atoms with Crippen LogP contribution in [0.4, 0.5) is 23.1 Å². The molecular weight excluding hydrogens is 432 g/mol. The van der Waals surface area contributed by atoms with E-state index in [9.17, 15) is 19.5 Å². The molecule has 0 saturated carbocycles. The fourth-order valence-electron chi connectivity index (χ4n) is 3.06. The summed E-state index contributed by atoms with van der Waals surface area (Å²) in [5.74, 6) is -4.63. The van der Waals surface area contributed by atoms with Crippen molar-refractivity contribution in [3.05, 3.63) is 36.2 Å². The summed E-state index contributed by atoms with van der Waals surface area (Å²) in [6.07, 6.45) is 0.839. The molecule has 3 rings (SSSR count). The van der Waals surface area contributed by atoms with Crippen LogP contribution in [0, 0.1) is 5.92 Å². The van der Waals surface area contributed by atoms with E-state index in [0.717, 1.165) is 5.69 Å². The third-order valence-corrected chi connectivity index (χ3v) is 4.74. The van der Waals surface area contributed by atoms with Gasteiger partial charge in [0, 0.05) is 24.8 Å². The van der Waals surface area contributed by atoms with Gasteiger partial charge in [-0.2, -0.15) is 9.97 Å². The van der Waals surface area contributed by atoms with Gasteiger partial charge in [0.15, 0.2) is 17.0 Å². The molecule has 2 heterocycles. The average Bonchev–Trinajstić information content (AvgIpc) is 2.74. The molecule has 1 atom stereocenters. The molecular formula is C20H22N8O5. The standard InChI is InChI=1S/C20H22N8O5/c1-28(9-11-8-23-17-15(24-11)16(21)26-20(22)27-17)12-4-2-10(3-5-12)25-18(31)13(19(32)33)6-7-14(29)30/h2-5,8,13H,6-7,9H2,1H3,(H,25,31)(H,29,30)(H,32,33)(H4,21,22,23,26,27)/t13-/m0/s1. The SMILES string of the molecule is CN(Cc1cnc2nc(N)nc(N)c2n1)c1ccc(NC(=O)[C@H](CCC(=O)O)C(=O)O)cc1. The molecule has 0 unspecified atom stereocenters. The van der Waals surface area contributed by atoms with E-state index < -0.39 is 30.2 Å². The predicted molar refractivity (Wildman–Crippen MR) is 119 cm³/mol. The van der Waals surface area contributed by atoms with Crippen molar-refractivity contribution >= 4 is 52.2 Å². The Morgan fingerprint density at radius 2 is 1.79 bits per heavy atom. The number of aliphatic carboxylic acids is 2. The minimum absolute atomic E-state index is 0.0166. The Balaban J connectivity index is 1.67. The van der Waals surface area contributed by atoms with Crippen LogP contribution >= 0.6 is 0 Å². The van der Waals surface area contributed by atoms with Gasteiger partial charge < -0.3 is 31.9 Å². The third-order valence-electron chi connectivity index (χ3n) is 4.74. The molecule has 0 aliphatic rings. The summed E-state index contributed by atoms with van der Waals surface area (Å²) in [6.45, 7) is 0.384. The number of anilines is 4. The zero-order valence-electron chi connectivity index (χ0n) is 17.6. The molecule has 0 aliphatic carbocycles. The largest absolute Gasteiger partial charge is 0.481 e. The number of nitrogen functional groups attached to an aromatic ring is 2. The molecule has 172 valence electrons. The molecule has 0 bridgehead atoms. The van der Waals surface area contributed by atoms with Crippen LogP contribution in [0.3, 0.4) is 0 Å². The van der Waals surface area contributed by atoms with E-state index in [2.05, 4.69) is 25.3 Å². The van der Waals surface area contributed by atoms with Crippen LogP contribution in [0.15, 0.2) is 30.5 Å². The van der Waals surface area contributed by atoms with E-state index in [0.29, 0.717) is 29.1 Å². The molecule has 7 N–H and O–H groups in total. The first-order valence-corrected chi connectivity index (χ1v) is 9.75. The quantitative estimate of drug-likeness (QED) is 0.283. The van der Waals surface area contributed by atoms with E-state index in [1.54, 1.807) is 30.5 Å². The maximum Gasteiger partial charge on any atom is 0.316 e. The summed E-state index contributed by atoms with van der Waals surface area (Å²) in [4.78, 5) is 52.6. The number of carbonyl (C=O) groups is 3. The smallest absolute Gasteiger partial charge is 0.316 e. The highest BCUT2D eigenvalue weighted by Crippen LogP contribution is 2.21. The second-order valence-electron chi connectivity index (χ2n) is 7.22. The molecule has 33 heavy (non-hydrogen) atoms. The van der Waals surface area contributed by atoms with Crippen molar-refractivity contribution in [1.29, 1.82) is 0 Å². The number of nitrogens with one attached hydrogen (secondary N) is 1. The molecule has 0 aliphatic heterocycles. The summed E-state index contributed by atoms with van der Waals surface area (Å²) in [5.41, 5.74) is 13.9. The number of hydrogen-bond donors (Lipinski definition) is 5. The first-order valence-electron chi connectivity index (χ1n) is 9.75. The van der Waals surface area contributed by atoms with Gasteiger partial charge in [0.25, 0.3) is 0 Å². The highest BCUT2D eigenvalue weighted by atomic mass is 16.4. The maximum atomic E-state index is 12.2. The first kappa shape index (κ1) is 23.1. The lowest BCUT2D eigenvalue weighted by Gasteiger charge is -2.19. The summed E-state index contributed by atoms with van der Waals surface area (Å²) in [5, 5.41) is 20.4. The van der Waals surface area contributed by atoms with E-state index in [4.69, 9.17) is 16.6 Å². The number of carbonyl (C=O) groups excluding carboxylic acids is 1. The lowest BCUT2D eigenvalue weighted by atomic mass is 10.0. The maximum absolute atomic E-state index is 12.2. The number of amides is 1. The summed E-state index contributed by atoms with van der Waals surface area (Å²) >= 11 is 0. The van der Waals surface area contributed by atoms with Gasteiger partial charge in [-0.3, -0.25) is 14.4 Å². The Morgan fingerprint density at radius 1 is 1.09 bits per heavy atom. The van der Waals surface area contributed by atoms with Gasteiger partial charge in [0.1, 0.15) is 5.92 Å². The zero-order valence-corrected chi connectivity index (χ0v) is 17.6. The van der Waals surface area contributed by atoms with Crippen molar-refractivity contribution in [3.63, 3.8) is 0 Å². The Bertz CT molecular complexity index is 1200. The molecule has 0 fully saturated rings. The molecule has 0 saturated heterocycles. The first-order chi connectivity index (χ1) is 15.6. The molecule has 13 heteroatoms. The van der Waals surface area contributed by atoms with Crippen molar-refractivity contribution < 1.29 is 24.6 Å². The number of benzene rings is 1. The van der Waals surface area contributed by atoms with Crippen molar-refractivity contribution in [2.45, 2.75) is 19.4 Å². The van der Waals surface area contributed by atoms with Crippen molar-refractivity contribution in [2.75, 3.05) is 28.7 Å². The van der Waals surface area contributed by atoms with Gasteiger partial charge in [-0.25, -0.2) is 9.97 Å². The Kier molecular flexibility index (Phi) is 6.81. The molecule has 1 amide bonds. The second-order valence-corrected chi connectivity index (χ2v) is 7.22. The van der Waals surface area contributed by atoms with Crippen LogP contribution in [-0.2, 0) is 20.9 Å². The van der Waals surface area contributed by atoms with Crippen LogP contribution < -0.4 is 21.7 Å². The normalized spacial score (nSPS) is 11.7. The Hall–Kier alpha value is -4.55. The van der Waals surface area contributed by atoms with Gasteiger partial charge in [-0.05, 0) is 30.7 Å². The van der Waals surface area contributed by atoms with E-state index in [1.165, 1.54) is 0 Å². The van der Waals surface area contributed by atoms with Crippen LogP contribution in [-0.4, -0.2) is 55.0 Å². The number of carboxylic acid groups (broad SMARTS) is 2. The second kappa shape index (κ2) is 9.72. The fourth-order valence-corrected chi connectivity index (χ4v) is 3.06. The van der Waals surface area contributed by atoms with Gasteiger partial charge >= 0.3 is 11.9 Å². The summed E-state index contributed by atoms with van der Waals surface area (Å²) < 4.78 is 0. The van der Waals surface area contributed by atoms with Crippen molar-refractivity contribution in [1.82, 2.24) is 19.9 Å². The molecule has 1 aromatic carbocycles. The third kappa shape index (κ3) is 5.78. The molecule has 3 aromatic rings. The number of fused-ring (bicyclic) bond motifs is 1. The number of aromatic nitrogens is 4. The predicted octanol–water partition coefficient (Wildman–Crippen LogP) is 0.725. The number of nitrogens with zero attached hydrogens (tertiary/aromatic N) is 5. The minimum Gasteiger partial charge on any atom is -0.481 e.